The van der Waals surface area contributed by atoms with Gasteiger partial charge in [0.25, 0.3) is 5.91 Å². The summed E-state index contributed by atoms with van der Waals surface area (Å²) in [5.41, 5.74) is 5.90. The molecule has 0 saturated carbocycles. The van der Waals surface area contributed by atoms with Gasteiger partial charge < -0.3 is 14.9 Å². The molecule has 0 fully saturated rings. The molecule has 0 aliphatic heterocycles. The first-order valence-corrected chi connectivity index (χ1v) is 13.2. The second kappa shape index (κ2) is 10.6. The van der Waals surface area contributed by atoms with Gasteiger partial charge in [0.05, 0.1) is 4.88 Å². The third-order valence-electron chi connectivity index (χ3n) is 6.71. The first-order valence-electron chi connectivity index (χ1n) is 12.3. The minimum absolute atomic E-state index is 0.0260. The number of thiazole rings is 1. The lowest BCUT2D eigenvalue weighted by atomic mass is 9.97. The molecular formula is C31H29N3O3S. The lowest BCUT2D eigenvalue weighted by Gasteiger charge is -2.22. The van der Waals surface area contributed by atoms with Gasteiger partial charge in [-0.15, -0.1) is 0 Å². The Morgan fingerprint density at radius 1 is 0.868 bits per heavy atom. The number of carbonyl (C=O) groups excluding carboxylic acids is 1. The molecule has 0 bridgehead atoms. The van der Waals surface area contributed by atoms with Crippen LogP contribution < -0.4 is 9.77 Å². The first-order chi connectivity index (χ1) is 18.3. The Hall–Kier alpha value is -4.36. The molecule has 5 aromatic rings. The lowest BCUT2D eigenvalue weighted by molar-refractivity contribution is 0.0787. The number of nitrogens with one attached hydrogen (secondary N) is 1. The number of hydrogen-bond acceptors (Lipinski definition) is 5. The average Bonchev–Trinajstić information content (AvgIpc) is 3.24. The number of aromatic hydroxyl groups is 1. The fraction of sp³-hybridized carbons (Fsp3) is 0.161. The molecule has 192 valence electrons. The Morgan fingerprint density at radius 2 is 1.55 bits per heavy atom. The summed E-state index contributed by atoms with van der Waals surface area (Å²) in [5.74, 6) is -0.0896. The number of hydrogen-bond donors (Lipinski definition) is 2. The van der Waals surface area contributed by atoms with E-state index < -0.39 is 0 Å². The third-order valence-corrected chi connectivity index (χ3v) is 7.59. The van der Waals surface area contributed by atoms with Crippen molar-refractivity contribution in [3.8, 4) is 17.0 Å². The highest BCUT2D eigenvalue weighted by Crippen LogP contribution is 2.31. The van der Waals surface area contributed by atoms with Crippen LogP contribution in [-0.2, 0) is 13.0 Å². The molecule has 0 aliphatic carbocycles. The topological polar surface area (TPSA) is 76.6 Å². The largest absolute Gasteiger partial charge is 0.494 e. The van der Waals surface area contributed by atoms with Gasteiger partial charge in [-0.2, -0.15) is 0 Å². The van der Waals surface area contributed by atoms with Crippen molar-refractivity contribution in [2.75, 3.05) is 26.0 Å². The normalized spacial score (nSPS) is 11.0. The van der Waals surface area contributed by atoms with Gasteiger partial charge in [-0.05, 0) is 39.8 Å². The van der Waals surface area contributed by atoms with Gasteiger partial charge in [0.1, 0.15) is 0 Å². The summed E-state index contributed by atoms with van der Waals surface area (Å²) >= 11 is 1.02. The van der Waals surface area contributed by atoms with Crippen molar-refractivity contribution in [1.82, 2.24) is 9.88 Å². The summed E-state index contributed by atoms with van der Waals surface area (Å²) in [4.78, 5) is 31.7. The Kier molecular flexibility index (Phi) is 7.03. The van der Waals surface area contributed by atoms with Gasteiger partial charge in [0.2, 0.25) is 5.88 Å². The van der Waals surface area contributed by atoms with Crippen molar-refractivity contribution in [1.29, 1.82) is 0 Å². The van der Waals surface area contributed by atoms with E-state index in [9.17, 15) is 14.7 Å². The highest BCUT2D eigenvalue weighted by molar-refractivity contribution is 7.09. The SMILES string of the molecule is CN(Cc1ccccc1-c1ccc(Cc2sc(=O)[nH]c2O)cc1)C(=O)c1ccc(N(C)C)c2ccccc12. The van der Waals surface area contributed by atoms with Gasteiger partial charge in [-0.1, -0.05) is 84.1 Å². The van der Waals surface area contributed by atoms with E-state index in [0.29, 0.717) is 23.4 Å². The zero-order valence-corrected chi connectivity index (χ0v) is 22.4. The number of nitrogens with zero attached hydrogens (tertiary/aromatic N) is 2. The predicted molar refractivity (Wildman–Crippen MR) is 155 cm³/mol. The maximum absolute atomic E-state index is 13.6. The molecule has 1 amide bonds. The van der Waals surface area contributed by atoms with Crippen LogP contribution in [0, 0.1) is 0 Å². The van der Waals surface area contributed by atoms with Crippen LogP contribution in [-0.4, -0.2) is 42.0 Å². The maximum atomic E-state index is 13.6. The van der Waals surface area contributed by atoms with Crippen LogP contribution in [0.5, 0.6) is 5.88 Å². The molecule has 4 aromatic carbocycles. The number of carbonyl (C=O) groups is 1. The zero-order valence-electron chi connectivity index (χ0n) is 21.6. The molecule has 5 rings (SSSR count). The minimum Gasteiger partial charge on any atom is -0.494 e. The second-order valence-electron chi connectivity index (χ2n) is 9.55. The first kappa shape index (κ1) is 25.3. The molecule has 1 heterocycles. The summed E-state index contributed by atoms with van der Waals surface area (Å²) in [6.07, 6.45) is 0.481. The van der Waals surface area contributed by atoms with E-state index in [2.05, 4.69) is 28.1 Å². The smallest absolute Gasteiger partial charge is 0.307 e. The Morgan fingerprint density at radius 3 is 2.24 bits per heavy atom. The zero-order chi connectivity index (χ0) is 26.8. The summed E-state index contributed by atoms with van der Waals surface area (Å²) in [6.45, 7) is 0.464. The lowest BCUT2D eigenvalue weighted by Crippen LogP contribution is -2.26. The van der Waals surface area contributed by atoms with Crippen molar-refractivity contribution in [3.05, 3.63) is 116 Å². The van der Waals surface area contributed by atoms with Crippen LogP contribution in [0.4, 0.5) is 5.69 Å². The van der Waals surface area contributed by atoms with Gasteiger partial charge in [0, 0.05) is 50.7 Å². The molecule has 0 saturated heterocycles. The fourth-order valence-corrected chi connectivity index (χ4v) is 5.55. The van der Waals surface area contributed by atoms with Crippen molar-refractivity contribution in [2.24, 2.45) is 0 Å². The molecule has 2 N–H and O–H groups in total. The second-order valence-corrected chi connectivity index (χ2v) is 10.6. The summed E-state index contributed by atoms with van der Waals surface area (Å²) in [5, 5.41) is 11.9. The number of rotatable bonds is 7. The Labute approximate surface area is 225 Å². The van der Waals surface area contributed by atoms with Crippen molar-refractivity contribution >= 4 is 33.7 Å². The summed E-state index contributed by atoms with van der Waals surface area (Å²) in [6, 6.07) is 28.1. The average molecular weight is 524 g/mol. The van der Waals surface area contributed by atoms with Crippen LogP contribution in [0.25, 0.3) is 21.9 Å². The Bertz CT molecular complexity index is 1670. The van der Waals surface area contributed by atoms with Crippen LogP contribution in [0.2, 0.25) is 0 Å². The molecule has 0 spiro atoms. The number of amides is 1. The summed E-state index contributed by atoms with van der Waals surface area (Å²) in [7, 11) is 5.85. The fourth-order valence-electron chi connectivity index (χ4n) is 4.79. The van der Waals surface area contributed by atoms with Crippen molar-refractivity contribution < 1.29 is 9.90 Å². The number of benzene rings is 4. The predicted octanol–water partition coefficient (Wildman–Crippen LogP) is 5.89. The van der Waals surface area contributed by atoms with E-state index in [0.717, 1.165) is 50.1 Å². The molecule has 7 heteroatoms. The highest BCUT2D eigenvalue weighted by atomic mass is 32.1. The molecule has 0 aliphatic rings. The molecule has 0 atom stereocenters. The number of aromatic amines is 1. The number of aromatic nitrogens is 1. The van der Waals surface area contributed by atoms with Gasteiger partial charge in [-0.25, -0.2) is 0 Å². The van der Waals surface area contributed by atoms with E-state index in [1.807, 2.05) is 87.9 Å². The Balaban J connectivity index is 1.39. The molecule has 6 nitrogen and oxygen atoms in total. The molecule has 0 radical (unpaired) electrons. The molecule has 38 heavy (non-hydrogen) atoms. The van der Waals surface area contributed by atoms with Gasteiger partial charge in [-0.3, -0.25) is 14.6 Å². The van der Waals surface area contributed by atoms with E-state index in [1.54, 1.807) is 4.90 Å². The summed E-state index contributed by atoms with van der Waals surface area (Å²) < 4.78 is 0. The molecule has 1 aromatic heterocycles. The molecule has 0 unspecified atom stereocenters. The van der Waals surface area contributed by atoms with Crippen molar-refractivity contribution in [2.45, 2.75) is 13.0 Å². The maximum Gasteiger partial charge on any atom is 0.307 e. The number of anilines is 1. The van der Waals surface area contributed by atoms with E-state index in [4.69, 9.17) is 0 Å². The minimum atomic E-state index is -0.261. The number of fused-ring (bicyclic) bond motifs is 1. The third kappa shape index (κ3) is 5.06. The monoisotopic (exact) mass is 523 g/mol. The van der Waals surface area contributed by atoms with Crippen LogP contribution in [0.3, 0.4) is 0 Å². The highest BCUT2D eigenvalue weighted by Gasteiger charge is 2.18. The van der Waals surface area contributed by atoms with Crippen LogP contribution in [0.15, 0.2) is 89.7 Å². The van der Waals surface area contributed by atoms with E-state index >= 15 is 0 Å². The van der Waals surface area contributed by atoms with Crippen LogP contribution in [0.1, 0.15) is 26.4 Å². The van der Waals surface area contributed by atoms with E-state index in [-0.39, 0.29) is 16.7 Å². The van der Waals surface area contributed by atoms with Gasteiger partial charge in [0.15, 0.2) is 0 Å². The van der Waals surface area contributed by atoms with Crippen molar-refractivity contribution in [3.63, 3.8) is 0 Å². The standard InChI is InChI=1S/C31H29N3O3S/c1-33(2)27-17-16-26(24-10-6-7-11-25(24)27)30(36)34(3)19-22-8-4-5-9-23(22)21-14-12-20(13-15-21)18-28-29(35)32-31(37)38-28/h4-17,35H,18-19H2,1-3H3,(H,32,37). The quantitative estimate of drug-likeness (QED) is 0.279. The van der Waals surface area contributed by atoms with Gasteiger partial charge >= 0.3 is 4.87 Å². The van der Waals surface area contributed by atoms with E-state index in [1.165, 1.54) is 0 Å². The number of H-pyrrole nitrogens is 1. The van der Waals surface area contributed by atoms with Crippen LogP contribution >= 0.6 is 11.3 Å². The molecular weight excluding hydrogens is 494 g/mol.